The van der Waals surface area contributed by atoms with Crippen LogP contribution in [-0.2, 0) is 5.41 Å². The van der Waals surface area contributed by atoms with E-state index < -0.39 is 0 Å². The first kappa shape index (κ1) is 10.7. The summed E-state index contributed by atoms with van der Waals surface area (Å²) in [6.45, 7) is 8.31. The first-order valence-electron chi connectivity index (χ1n) is 4.74. The van der Waals surface area contributed by atoms with Crippen molar-refractivity contribution in [3.05, 3.63) is 40.9 Å². The highest BCUT2D eigenvalue weighted by molar-refractivity contribution is 5.94. The molecule has 0 aromatic heterocycles. The normalized spacial score (nSPS) is 10.9. The lowest BCUT2D eigenvalue weighted by Gasteiger charge is -2.18. The zero-order valence-corrected chi connectivity index (χ0v) is 9.20. The molecule has 0 heterocycles. The zero-order chi connectivity index (χ0) is 10.8. The highest BCUT2D eigenvalue weighted by Crippen LogP contribution is 2.22. The summed E-state index contributed by atoms with van der Waals surface area (Å²) in [5.41, 5.74) is 11.7. The van der Waals surface area contributed by atoms with E-state index in [0.29, 0.717) is 5.71 Å². The van der Waals surface area contributed by atoms with Crippen LogP contribution in [0.1, 0.15) is 38.8 Å². The summed E-state index contributed by atoms with van der Waals surface area (Å²) in [6.07, 6.45) is 0. The van der Waals surface area contributed by atoms with Gasteiger partial charge in [0.15, 0.2) is 0 Å². The van der Waals surface area contributed by atoms with Gasteiger partial charge in [0.05, 0.1) is 5.56 Å². The molecule has 74 valence electrons. The Morgan fingerprint density at radius 1 is 1.14 bits per heavy atom. The summed E-state index contributed by atoms with van der Waals surface area (Å²) in [7, 11) is 0. The fraction of sp³-hybridized carbons (Fsp3) is 0.417. The van der Waals surface area contributed by atoms with E-state index in [1.54, 1.807) is 6.92 Å². The Bertz CT molecular complexity index is 362. The molecule has 0 atom stereocenters. The summed E-state index contributed by atoms with van der Waals surface area (Å²) < 4.78 is 0. The Hall–Kier alpha value is -1.40. The average molecular weight is 188 g/mol. The molecule has 0 N–H and O–H groups in total. The van der Waals surface area contributed by atoms with E-state index in [4.69, 9.17) is 5.53 Å². The average Bonchev–Trinajstić information content (AvgIpc) is 2.15. The van der Waals surface area contributed by atoms with Crippen LogP contribution in [0.25, 0.3) is 5.53 Å². The third kappa shape index (κ3) is 2.30. The van der Waals surface area contributed by atoms with Crippen molar-refractivity contribution in [2.45, 2.75) is 33.1 Å². The van der Waals surface area contributed by atoms with Crippen LogP contribution in [0.5, 0.6) is 0 Å². The first-order chi connectivity index (χ1) is 6.45. The van der Waals surface area contributed by atoms with Crippen molar-refractivity contribution in [2.75, 3.05) is 0 Å². The van der Waals surface area contributed by atoms with Crippen LogP contribution in [-0.4, -0.2) is 10.5 Å². The van der Waals surface area contributed by atoms with E-state index in [1.165, 1.54) is 5.56 Å². The van der Waals surface area contributed by atoms with Gasteiger partial charge in [-0.15, -0.1) is 0 Å². The molecule has 2 heteroatoms. The van der Waals surface area contributed by atoms with Gasteiger partial charge < -0.3 is 5.53 Å². The molecule has 0 saturated heterocycles. The topological polar surface area (TPSA) is 36.4 Å². The van der Waals surface area contributed by atoms with Gasteiger partial charge in [0.25, 0.3) is 5.71 Å². The van der Waals surface area contributed by atoms with Crippen LogP contribution in [0, 0.1) is 0 Å². The minimum atomic E-state index is 0.169. The lowest BCUT2D eigenvalue weighted by Crippen LogP contribution is -2.11. The predicted molar refractivity (Wildman–Crippen MR) is 58.5 cm³/mol. The standard InChI is InChI=1S/C12H16N2/c1-9(14-13)10-5-7-11(8-6-10)12(2,3)4/h5-8H,1-4H3. The lowest BCUT2D eigenvalue weighted by atomic mass is 9.86. The first-order valence-corrected chi connectivity index (χ1v) is 4.74. The second-order valence-corrected chi connectivity index (χ2v) is 4.51. The molecule has 1 rings (SSSR count). The molecular formula is C12H16N2. The van der Waals surface area contributed by atoms with E-state index in [-0.39, 0.29) is 5.41 Å². The predicted octanol–water partition coefficient (Wildman–Crippen LogP) is 3.02. The molecular weight excluding hydrogens is 172 g/mol. The van der Waals surface area contributed by atoms with Gasteiger partial charge in [0, 0.05) is 6.92 Å². The van der Waals surface area contributed by atoms with Crippen molar-refractivity contribution in [3.63, 3.8) is 0 Å². The summed E-state index contributed by atoms with van der Waals surface area (Å²) in [5.74, 6) is 0. The molecule has 0 unspecified atom stereocenters. The Labute approximate surface area is 85.2 Å². The number of nitrogens with zero attached hydrogens (tertiary/aromatic N) is 2. The van der Waals surface area contributed by atoms with Crippen LogP contribution in [0.15, 0.2) is 24.3 Å². The van der Waals surface area contributed by atoms with Gasteiger partial charge in [-0.1, -0.05) is 32.9 Å². The van der Waals surface area contributed by atoms with Crippen LogP contribution < -0.4 is 0 Å². The highest BCUT2D eigenvalue weighted by Gasteiger charge is 2.13. The molecule has 14 heavy (non-hydrogen) atoms. The third-order valence-electron chi connectivity index (χ3n) is 2.32. The van der Waals surface area contributed by atoms with Crippen molar-refractivity contribution in [2.24, 2.45) is 0 Å². The maximum absolute atomic E-state index is 8.61. The minimum Gasteiger partial charge on any atom is -0.361 e. The molecule has 0 aliphatic rings. The molecule has 1 aromatic rings. The molecule has 0 bridgehead atoms. The Balaban J connectivity index is 3.07. The van der Waals surface area contributed by atoms with Crippen molar-refractivity contribution in [1.82, 2.24) is 0 Å². The second kappa shape index (κ2) is 3.77. The van der Waals surface area contributed by atoms with E-state index in [2.05, 4.69) is 37.7 Å². The zero-order valence-electron chi connectivity index (χ0n) is 9.20. The number of benzene rings is 1. The van der Waals surface area contributed by atoms with Gasteiger partial charge >= 0.3 is 0 Å². The van der Waals surface area contributed by atoms with Gasteiger partial charge in [-0.25, -0.2) is 0 Å². The van der Waals surface area contributed by atoms with Gasteiger partial charge in [-0.2, -0.15) is 4.79 Å². The molecule has 0 saturated carbocycles. The lowest BCUT2D eigenvalue weighted by molar-refractivity contribution is -0.00460. The van der Waals surface area contributed by atoms with E-state index >= 15 is 0 Å². The maximum atomic E-state index is 8.61. The molecule has 0 fully saturated rings. The number of hydrogen-bond donors (Lipinski definition) is 0. The monoisotopic (exact) mass is 188 g/mol. The van der Waals surface area contributed by atoms with Gasteiger partial charge in [0.1, 0.15) is 0 Å². The Morgan fingerprint density at radius 2 is 1.64 bits per heavy atom. The fourth-order valence-corrected chi connectivity index (χ4v) is 1.27. The Kier molecular flexibility index (Phi) is 2.87. The summed E-state index contributed by atoms with van der Waals surface area (Å²) >= 11 is 0. The van der Waals surface area contributed by atoms with Crippen LogP contribution in [0.4, 0.5) is 0 Å². The smallest absolute Gasteiger partial charge is 0.296 e. The fourth-order valence-electron chi connectivity index (χ4n) is 1.27. The van der Waals surface area contributed by atoms with Crippen LogP contribution in [0.3, 0.4) is 0 Å². The molecule has 0 aliphatic heterocycles. The molecule has 0 amide bonds. The molecule has 0 aliphatic carbocycles. The van der Waals surface area contributed by atoms with Crippen molar-refractivity contribution >= 4 is 5.71 Å². The largest absolute Gasteiger partial charge is 0.361 e. The van der Waals surface area contributed by atoms with Crippen molar-refractivity contribution in [1.29, 1.82) is 0 Å². The van der Waals surface area contributed by atoms with Crippen molar-refractivity contribution < 1.29 is 4.79 Å². The van der Waals surface area contributed by atoms with Crippen LogP contribution >= 0.6 is 0 Å². The van der Waals surface area contributed by atoms with Crippen molar-refractivity contribution in [3.8, 4) is 0 Å². The van der Waals surface area contributed by atoms with Gasteiger partial charge in [0.2, 0.25) is 0 Å². The molecule has 2 nitrogen and oxygen atoms in total. The summed E-state index contributed by atoms with van der Waals surface area (Å²) in [4.78, 5) is 3.17. The second-order valence-electron chi connectivity index (χ2n) is 4.51. The molecule has 1 aromatic carbocycles. The highest BCUT2D eigenvalue weighted by atomic mass is 14.8. The minimum absolute atomic E-state index is 0.169. The van der Waals surface area contributed by atoms with E-state index in [0.717, 1.165) is 5.56 Å². The summed E-state index contributed by atoms with van der Waals surface area (Å²) in [5, 5.41) is 0. The molecule has 0 radical (unpaired) electrons. The Morgan fingerprint density at radius 3 is 2.00 bits per heavy atom. The summed E-state index contributed by atoms with van der Waals surface area (Å²) in [6, 6.07) is 8.11. The quantitative estimate of drug-likeness (QED) is 0.369. The molecule has 0 spiro atoms. The van der Waals surface area contributed by atoms with Gasteiger partial charge in [-0.3, -0.25) is 0 Å². The third-order valence-corrected chi connectivity index (χ3v) is 2.32. The maximum Gasteiger partial charge on any atom is 0.296 e. The van der Waals surface area contributed by atoms with Crippen LogP contribution in [0.2, 0.25) is 0 Å². The van der Waals surface area contributed by atoms with E-state index in [1.807, 2.05) is 12.1 Å². The number of hydrogen-bond acceptors (Lipinski definition) is 0. The van der Waals surface area contributed by atoms with E-state index in [9.17, 15) is 0 Å². The van der Waals surface area contributed by atoms with Gasteiger partial charge in [-0.05, 0) is 23.1 Å². The SMILES string of the molecule is CC(=[N+]=[N-])c1ccc(C(C)(C)C)cc1. The number of rotatable bonds is 1.